The number of esters is 1. The van der Waals surface area contributed by atoms with Gasteiger partial charge >= 0.3 is 5.97 Å². The fourth-order valence-electron chi connectivity index (χ4n) is 2.91. The van der Waals surface area contributed by atoms with Gasteiger partial charge in [0.1, 0.15) is 11.3 Å². The summed E-state index contributed by atoms with van der Waals surface area (Å²) in [5, 5.41) is 20.3. The van der Waals surface area contributed by atoms with E-state index in [0.29, 0.717) is 11.3 Å². The summed E-state index contributed by atoms with van der Waals surface area (Å²) in [6.07, 6.45) is 0. The Morgan fingerprint density at radius 2 is 1.77 bits per heavy atom. The molecule has 9 nitrogen and oxygen atoms in total. The van der Waals surface area contributed by atoms with E-state index in [9.17, 15) is 14.9 Å². The van der Waals surface area contributed by atoms with E-state index in [2.05, 4.69) is 10.2 Å². The fraction of sp³-hybridized carbons (Fsp3) is 0.0952. The number of hydrogen-bond donors (Lipinski definition) is 0. The van der Waals surface area contributed by atoms with E-state index in [1.165, 1.54) is 31.4 Å². The molecule has 0 saturated carbocycles. The highest BCUT2D eigenvalue weighted by atomic mass is 16.6. The molecule has 4 aromatic rings. The van der Waals surface area contributed by atoms with Crippen LogP contribution in [0.3, 0.4) is 0 Å². The molecular formula is C21H15N3O6. The Morgan fingerprint density at radius 3 is 2.43 bits per heavy atom. The molecular weight excluding hydrogens is 390 g/mol. The van der Waals surface area contributed by atoms with E-state index in [0.717, 1.165) is 10.8 Å². The number of methoxy groups -OCH3 is 1. The molecule has 0 spiro atoms. The lowest BCUT2D eigenvalue weighted by atomic mass is 10.1. The third kappa shape index (κ3) is 3.81. The third-order valence-corrected chi connectivity index (χ3v) is 4.41. The van der Waals surface area contributed by atoms with Crippen molar-refractivity contribution >= 4 is 22.4 Å². The van der Waals surface area contributed by atoms with E-state index >= 15 is 0 Å². The Kier molecular flexibility index (Phi) is 5.08. The minimum absolute atomic E-state index is 0.0447. The highest BCUT2D eigenvalue weighted by Crippen LogP contribution is 2.27. The summed E-state index contributed by atoms with van der Waals surface area (Å²) in [6.45, 7) is -0.227. The summed E-state index contributed by atoms with van der Waals surface area (Å²) in [7, 11) is 1.48. The number of hydrogen-bond acceptors (Lipinski definition) is 8. The first-order valence-electron chi connectivity index (χ1n) is 8.86. The number of ether oxygens (including phenoxy) is 2. The van der Waals surface area contributed by atoms with Gasteiger partial charge in [-0.2, -0.15) is 0 Å². The maximum atomic E-state index is 12.6. The first-order valence-corrected chi connectivity index (χ1v) is 8.86. The molecule has 150 valence electrons. The van der Waals surface area contributed by atoms with Gasteiger partial charge in [-0.25, -0.2) is 4.79 Å². The van der Waals surface area contributed by atoms with E-state index in [4.69, 9.17) is 13.9 Å². The van der Waals surface area contributed by atoms with Gasteiger partial charge < -0.3 is 13.9 Å². The van der Waals surface area contributed by atoms with Crippen molar-refractivity contribution in [1.29, 1.82) is 0 Å². The van der Waals surface area contributed by atoms with Crippen molar-refractivity contribution in [3.8, 4) is 17.2 Å². The van der Waals surface area contributed by atoms with Gasteiger partial charge in [-0.05, 0) is 35.0 Å². The summed E-state index contributed by atoms with van der Waals surface area (Å²) in [4.78, 5) is 22.8. The van der Waals surface area contributed by atoms with Gasteiger partial charge in [0.15, 0.2) is 6.61 Å². The highest BCUT2D eigenvalue weighted by molar-refractivity contribution is 5.98. The molecule has 4 rings (SSSR count). The summed E-state index contributed by atoms with van der Waals surface area (Å²) in [5.74, 6) is 0.0687. The smallest absolute Gasteiger partial charge is 0.342 e. The monoisotopic (exact) mass is 405 g/mol. The molecule has 1 aromatic heterocycles. The molecule has 0 saturated heterocycles. The molecule has 0 fully saturated rings. The van der Waals surface area contributed by atoms with Crippen LogP contribution in [0.5, 0.6) is 5.75 Å². The van der Waals surface area contributed by atoms with Crippen molar-refractivity contribution in [2.75, 3.05) is 7.11 Å². The molecule has 0 radical (unpaired) electrons. The molecule has 0 bridgehead atoms. The normalized spacial score (nSPS) is 10.7. The van der Waals surface area contributed by atoms with Gasteiger partial charge in [-0.1, -0.05) is 24.3 Å². The van der Waals surface area contributed by atoms with E-state index in [1.807, 2.05) is 24.3 Å². The maximum absolute atomic E-state index is 12.6. The molecule has 0 atom stereocenters. The molecule has 0 amide bonds. The number of rotatable bonds is 6. The number of carbonyl (C=O) groups excluding carboxylic acids is 1. The SMILES string of the molecule is COc1cc2ccccc2cc1C(=O)OCc1nnc(-c2ccc([N+](=O)[O-])cc2)o1. The van der Waals surface area contributed by atoms with Crippen LogP contribution in [-0.2, 0) is 11.3 Å². The molecule has 9 heteroatoms. The summed E-state index contributed by atoms with van der Waals surface area (Å²) < 4.78 is 16.1. The van der Waals surface area contributed by atoms with E-state index in [1.54, 1.807) is 12.1 Å². The number of aromatic nitrogens is 2. The molecule has 3 aromatic carbocycles. The number of carbonyl (C=O) groups is 1. The quantitative estimate of drug-likeness (QED) is 0.266. The average molecular weight is 405 g/mol. The number of nitro groups is 1. The molecule has 0 N–H and O–H groups in total. The number of non-ortho nitro benzene ring substituents is 1. The van der Waals surface area contributed by atoms with Crippen molar-refractivity contribution in [2.45, 2.75) is 6.61 Å². The maximum Gasteiger partial charge on any atom is 0.342 e. The second kappa shape index (κ2) is 8.00. The Morgan fingerprint density at radius 1 is 1.07 bits per heavy atom. The number of benzene rings is 3. The van der Waals surface area contributed by atoms with Gasteiger partial charge in [-0.3, -0.25) is 10.1 Å². The van der Waals surface area contributed by atoms with Gasteiger partial charge in [0.05, 0.1) is 12.0 Å². The van der Waals surface area contributed by atoms with Crippen molar-refractivity contribution in [3.63, 3.8) is 0 Å². The standard InChI is InChI=1S/C21H15N3O6/c1-28-18-11-15-5-3-2-4-14(15)10-17(18)21(25)29-12-19-22-23-20(30-19)13-6-8-16(9-7-13)24(26)27/h2-11H,12H2,1H3. The molecule has 0 aliphatic rings. The topological polar surface area (TPSA) is 118 Å². The fourth-order valence-corrected chi connectivity index (χ4v) is 2.91. The minimum Gasteiger partial charge on any atom is -0.496 e. The number of nitrogens with zero attached hydrogens (tertiary/aromatic N) is 3. The summed E-state index contributed by atoms with van der Waals surface area (Å²) >= 11 is 0. The summed E-state index contributed by atoms with van der Waals surface area (Å²) in [6, 6.07) is 16.7. The summed E-state index contributed by atoms with van der Waals surface area (Å²) in [5.41, 5.74) is 0.755. The van der Waals surface area contributed by atoms with Gasteiger partial charge in [0, 0.05) is 17.7 Å². The Balaban J connectivity index is 1.48. The van der Waals surface area contributed by atoms with Crippen LogP contribution in [0.1, 0.15) is 16.2 Å². The second-order valence-electron chi connectivity index (χ2n) is 6.28. The molecule has 30 heavy (non-hydrogen) atoms. The lowest BCUT2D eigenvalue weighted by molar-refractivity contribution is -0.384. The van der Waals surface area contributed by atoms with Crippen LogP contribution in [0.4, 0.5) is 5.69 Å². The van der Waals surface area contributed by atoms with Crippen molar-refractivity contribution < 1.29 is 23.6 Å². The van der Waals surface area contributed by atoms with Crippen LogP contribution in [-0.4, -0.2) is 28.2 Å². The zero-order valence-corrected chi connectivity index (χ0v) is 15.8. The highest BCUT2D eigenvalue weighted by Gasteiger charge is 2.17. The first kappa shape index (κ1) is 19.1. The van der Waals surface area contributed by atoms with Crippen molar-refractivity contribution in [2.24, 2.45) is 0 Å². The largest absolute Gasteiger partial charge is 0.496 e. The van der Waals surface area contributed by atoms with E-state index < -0.39 is 10.9 Å². The predicted molar refractivity (Wildman–Crippen MR) is 106 cm³/mol. The van der Waals surface area contributed by atoms with Crippen LogP contribution in [0, 0.1) is 10.1 Å². The van der Waals surface area contributed by atoms with Gasteiger partial charge in [0.25, 0.3) is 11.6 Å². The van der Waals surface area contributed by atoms with Gasteiger partial charge in [0.2, 0.25) is 5.89 Å². The zero-order valence-electron chi connectivity index (χ0n) is 15.8. The van der Waals surface area contributed by atoms with Crippen LogP contribution in [0.25, 0.3) is 22.2 Å². The zero-order chi connectivity index (χ0) is 21.1. The van der Waals surface area contributed by atoms with E-state index in [-0.39, 0.29) is 29.6 Å². The average Bonchev–Trinajstić information content (AvgIpc) is 3.25. The number of fused-ring (bicyclic) bond motifs is 1. The third-order valence-electron chi connectivity index (χ3n) is 4.41. The Labute approximate surface area is 170 Å². The molecule has 1 heterocycles. The Hall–Kier alpha value is -4.27. The van der Waals surface area contributed by atoms with Crippen LogP contribution < -0.4 is 4.74 Å². The van der Waals surface area contributed by atoms with Crippen LogP contribution in [0.15, 0.2) is 65.1 Å². The molecule has 0 aliphatic carbocycles. The van der Waals surface area contributed by atoms with Crippen LogP contribution >= 0.6 is 0 Å². The first-order chi connectivity index (χ1) is 14.5. The second-order valence-corrected chi connectivity index (χ2v) is 6.28. The lowest BCUT2D eigenvalue weighted by Gasteiger charge is -2.09. The molecule has 0 aliphatic heterocycles. The number of nitro benzene ring substituents is 1. The minimum atomic E-state index is -0.590. The molecule has 0 unspecified atom stereocenters. The van der Waals surface area contributed by atoms with Crippen molar-refractivity contribution in [3.05, 3.63) is 82.2 Å². The Bertz CT molecular complexity index is 1230. The predicted octanol–water partition coefficient (Wildman–Crippen LogP) is 4.16. The lowest BCUT2D eigenvalue weighted by Crippen LogP contribution is -2.07. The van der Waals surface area contributed by atoms with Gasteiger partial charge in [-0.15, -0.1) is 10.2 Å². The van der Waals surface area contributed by atoms with Crippen LogP contribution in [0.2, 0.25) is 0 Å². The van der Waals surface area contributed by atoms with Crippen molar-refractivity contribution in [1.82, 2.24) is 10.2 Å².